The molecule has 0 bridgehead atoms. The molecular formula is C16H25NO2S. The molecule has 0 saturated heterocycles. The van der Waals surface area contributed by atoms with Crippen molar-refractivity contribution in [2.45, 2.75) is 62.8 Å². The molecule has 0 aliphatic carbocycles. The summed E-state index contributed by atoms with van der Waals surface area (Å²) in [6.45, 7) is 9.25. The Balaban J connectivity index is 2.59. The third-order valence-electron chi connectivity index (χ3n) is 2.85. The number of carboxylic acid groups (broad SMARTS) is 1. The molecule has 1 atom stereocenters. The van der Waals surface area contributed by atoms with Crippen molar-refractivity contribution >= 4 is 17.7 Å². The van der Waals surface area contributed by atoms with Gasteiger partial charge in [-0.05, 0) is 44.9 Å². The van der Waals surface area contributed by atoms with E-state index in [0.29, 0.717) is 6.42 Å². The minimum Gasteiger partial charge on any atom is -0.480 e. The monoisotopic (exact) mass is 295 g/mol. The topological polar surface area (TPSA) is 49.3 Å². The van der Waals surface area contributed by atoms with E-state index in [-0.39, 0.29) is 10.8 Å². The first-order valence-corrected chi connectivity index (χ1v) is 7.93. The fraction of sp³-hybridized carbons (Fsp3) is 0.562. The average Bonchev–Trinajstić information content (AvgIpc) is 2.36. The maximum atomic E-state index is 11.1. The van der Waals surface area contributed by atoms with Gasteiger partial charge in [-0.25, -0.2) is 0 Å². The first-order valence-electron chi connectivity index (χ1n) is 7.05. The SMILES string of the molecule is CCCC(Sc1ccc(CNC(C)(C)C)cc1)C(=O)O. The van der Waals surface area contributed by atoms with Crippen LogP contribution in [0.15, 0.2) is 29.2 Å². The highest BCUT2D eigenvalue weighted by molar-refractivity contribution is 8.00. The van der Waals surface area contributed by atoms with E-state index in [1.807, 2.05) is 19.1 Å². The molecule has 0 amide bonds. The minimum absolute atomic E-state index is 0.100. The second kappa shape index (κ2) is 7.70. The third kappa shape index (κ3) is 6.44. The molecule has 0 aliphatic rings. The largest absolute Gasteiger partial charge is 0.480 e. The van der Waals surface area contributed by atoms with Crippen molar-refractivity contribution in [3.63, 3.8) is 0 Å². The van der Waals surface area contributed by atoms with Crippen molar-refractivity contribution in [2.24, 2.45) is 0 Å². The summed E-state index contributed by atoms with van der Waals surface area (Å²) in [4.78, 5) is 12.2. The van der Waals surface area contributed by atoms with Crippen molar-refractivity contribution < 1.29 is 9.90 Å². The fourth-order valence-corrected chi connectivity index (χ4v) is 2.79. The summed E-state index contributed by atoms with van der Waals surface area (Å²) in [5.41, 5.74) is 1.31. The minimum atomic E-state index is -0.727. The van der Waals surface area contributed by atoms with Crippen LogP contribution in [0.1, 0.15) is 46.1 Å². The maximum absolute atomic E-state index is 11.1. The Morgan fingerprint density at radius 2 is 1.90 bits per heavy atom. The lowest BCUT2D eigenvalue weighted by molar-refractivity contribution is -0.136. The van der Waals surface area contributed by atoms with Gasteiger partial charge in [-0.2, -0.15) is 0 Å². The average molecular weight is 295 g/mol. The molecule has 20 heavy (non-hydrogen) atoms. The van der Waals surface area contributed by atoms with Crippen LogP contribution in [-0.2, 0) is 11.3 Å². The zero-order valence-electron chi connectivity index (χ0n) is 12.8. The summed E-state index contributed by atoms with van der Waals surface area (Å²) in [6, 6.07) is 8.14. The Morgan fingerprint density at radius 3 is 2.35 bits per heavy atom. The zero-order valence-corrected chi connectivity index (χ0v) is 13.6. The van der Waals surface area contributed by atoms with E-state index >= 15 is 0 Å². The van der Waals surface area contributed by atoms with Crippen molar-refractivity contribution in [1.82, 2.24) is 5.32 Å². The summed E-state index contributed by atoms with van der Waals surface area (Å²) in [7, 11) is 0. The Morgan fingerprint density at radius 1 is 1.30 bits per heavy atom. The molecular weight excluding hydrogens is 270 g/mol. The Kier molecular flexibility index (Phi) is 6.56. The second-order valence-electron chi connectivity index (χ2n) is 5.98. The van der Waals surface area contributed by atoms with Crippen molar-refractivity contribution in [3.05, 3.63) is 29.8 Å². The highest BCUT2D eigenvalue weighted by Crippen LogP contribution is 2.26. The summed E-state index contributed by atoms with van der Waals surface area (Å²) in [5, 5.41) is 12.3. The fourth-order valence-electron chi connectivity index (χ4n) is 1.71. The molecule has 0 fully saturated rings. The van der Waals surface area contributed by atoms with Crippen molar-refractivity contribution in [2.75, 3.05) is 0 Å². The molecule has 3 nitrogen and oxygen atoms in total. The molecule has 4 heteroatoms. The number of hydrogen-bond acceptors (Lipinski definition) is 3. The number of rotatable bonds is 7. The molecule has 1 rings (SSSR count). The van der Waals surface area contributed by atoms with E-state index in [2.05, 4.69) is 38.2 Å². The van der Waals surface area contributed by atoms with Gasteiger partial charge in [0.2, 0.25) is 0 Å². The molecule has 0 heterocycles. The molecule has 2 N–H and O–H groups in total. The van der Waals surface area contributed by atoms with E-state index in [1.54, 1.807) is 0 Å². The molecule has 1 aromatic carbocycles. The highest BCUT2D eigenvalue weighted by Gasteiger charge is 2.17. The Bertz CT molecular complexity index is 423. The van der Waals surface area contributed by atoms with Gasteiger partial charge in [0.15, 0.2) is 0 Å². The van der Waals surface area contributed by atoms with Gasteiger partial charge in [0.05, 0.1) is 0 Å². The van der Waals surface area contributed by atoms with Gasteiger partial charge in [0.25, 0.3) is 0 Å². The number of nitrogens with one attached hydrogen (secondary N) is 1. The highest BCUT2D eigenvalue weighted by atomic mass is 32.2. The van der Waals surface area contributed by atoms with Crippen LogP contribution in [0, 0.1) is 0 Å². The lowest BCUT2D eigenvalue weighted by Crippen LogP contribution is -2.35. The predicted molar refractivity (Wildman–Crippen MR) is 85.2 cm³/mol. The predicted octanol–water partition coefficient (Wildman–Crippen LogP) is 3.92. The van der Waals surface area contributed by atoms with E-state index in [0.717, 1.165) is 17.9 Å². The van der Waals surface area contributed by atoms with Gasteiger partial charge in [-0.1, -0.05) is 25.5 Å². The molecule has 0 aromatic heterocycles. The van der Waals surface area contributed by atoms with Gasteiger partial charge in [-0.3, -0.25) is 4.79 Å². The van der Waals surface area contributed by atoms with Gasteiger partial charge in [0.1, 0.15) is 5.25 Å². The number of aliphatic carboxylic acids is 1. The van der Waals surface area contributed by atoms with Gasteiger partial charge >= 0.3 is 5.97 Å². The van der Waals surface area contributed by atoms with Crippen LogP contribution in [-0.4, -0.2) is 21.9 Å². The van der Waals surface area contributed by atoms with Gasteiger partial charge < -0.3 is 10.4 Å². The number of thioether (sulfide) groups is 1. The van der Waals surface area contributed by atoms with Crippen LogP contribution in [0.25, 0.3) is 0 Å². The third-order valence-corrected chi connectivity index (χ3v) is 4.12. The standard InChI is InChI=1S/C16H25NO2S/c1-5-6-14(15(18)19)20-13-9-7-12(8-10-13)11-17-16(2,3)4/h7-10,14,17H,5-6,11H2,1-4H3,(H,18,19). The first-order chi connectivity index (χ1) is 9.31. The Hall–Kier alpha value is -1.00. The van der Waals surface area contributed by atoms with E-state index < -0.39 is 5.97 Å². The summed E-state index contributed by atoms with van der Waals surface area (Å²) in [5.74, 6) is -0.727. The Labute approximate surface area is 126 Å². The van der Waals surface area contributed by atoms with Crippen LogP contribution in [0.2, 0.25) is 0 Å². The number of carbonyl (C=O) groups is 1. The normalized spacial score (nSPS) is 13.2. The summed E-state index contributed by atoms with van der Waals surface area (Å²) in [6.07, 6.45) is 1.59. The van der Waals surface area contributed by atoms with Gasteiger partial charge in [0, 0.05) is 17.0 Å². The van der Waals surface area contributed by atoms with E-state index in [1.165, 1.54) is 17.3 Å². The van der Waals surface area contributed by atoms with Crippen molar-refractivity contribution in [1.29, 1.82) is 0 Å². The summed E-state index contributed by atoms with van der Waals surface area (Å²) < 4.78 is 0. The molecule has 1 aromatic rings. The molecule has 0 spiro atoms. The maximum Gasteiger partial charge on any atom is 0.316 e. The lowest BCUT2D eigenvalue weighted by Gasteiger charge is -2.20. The van der Waals surface area contributed by atoms with Gasteiger partial charge in [-0.15, -0.1) is 11.8 Å². The molecule has 1 unspecified atom stereocenters. The number of benzene rings is 1. The summed E-state index contributed by atoms with van der Waals surface area (Å²) >= 11 is 1.43. The zero-order chi connectivity index (χ0) is 15.2. The number of carboxylic acids is 1. The number of hydrogen-bond donors (Lipinski definition) is 2. The second-order valence-corrected chi connectivity index (χ2v) is 7.26. The van der Waals surface area contributed by atoms with Crippen LogP contribution in [0.5, 0.6) is 0 Å². The van der Waals surface area contributed by atoms with E-state index in [9.17, 15) is 4.79 Å². The molecule has 0 aliphatic heterocycles. The van der Waals surface area contributed by atoms with Crippen molar-refractivity contribution in [3.8, 4) is 0 Å². The van der Waals surface area contributed by atoms with Crippen LogP contribution in [0.3, 0.4) is 0 Å². The van der Waals surface area contributed by atoms with Crippen LogP contribution >= 0.6 is 11.8 Å². The molecule has 112 valence electrons. The smallest absolute Gasteiger partial charge is 0.316 e. The molecule has 0 saturated carbocycles. The lowest BCUT2D eigenvalue weighted by atomic mass is 10.1. The van der Waals surface area contributed by atoms with E-state index in [4.69, 9.17) is 5.11 Å². The van der Waals surface area contributed by atoms with Crippen LogP contribution in [0.4, 0.5) is 0 Å². The van der Waals surface area contributed by atoms with Crippen LogP contribution < -0.4 is 5.32 Å². The molecule has 0 radical (unpaired) electrons. The first kappa shape index (κ1) is 17.1. The quantitative estimate of drug-likeness (QED) is 0.749.